The summed E-state index contributed by atoms with van der Waals surface area (Å²) < 4.78 is 20.6. The molecule has 0 saturated carbocycles. The van der Waals surface area contributed by atoms with E-state index >= 15 is 0 Å². The van der Waals surface area contributed by atoms with Crippen molar-refractivity contribution in [1.29, 1.82) is 0 Å². The van der Waals surface area contributed by atoms with Gasteiger partial charge in [-0.1, -0.05) is 26.0 Å². The van der Waals surface area contributed by atoms with Gasteiger partial charge in [0.1, 0.15) is 11.3 Å². The van der Waals surface area contributed by atoms with Crippen molar-refractivity contribution in [3.8, 4) is 11.1 Å². The van der Waals surface area contributed by atoms with Crippen LogP contribution in [0.2, 0.25) is 0 Å². The minimum absolute atomic E-state index is 0.0213. The first-order valence-corrected chi connectivity index (χ1v) is 11.4. The molecule has 1 aliphatic heterocycles. The summed E-state index contributed by atoms with van der Waals surface area (Å²) >= 11 is 0. The normalized spacial score (nSPS) is 18.4. The third-order valence-electron chi connectivity index (χ3n) is 6.36. The summed E-state index contributed by atoms with van der Waals surface area (Å²) in [6, 6.07) is 9.68. The largest absolute Gasteiger partial charge is 0.465 e. The summed E-state index contributed by atoms with van der Waals surface area (Å²) in [6.07, 6.45) is 0.387. The van der Waals surface area contributed by atoms with E-state index in [4.69, 9.17) is 9.52 Å². The Hall–Kier alpha value is -3.46. The number of rotatable bonds is 6. The molecule has 4 rings (SSSR count). The SMILES string of the molecule is CC(C)C1CC(c2nc3cc(-c4ccc(C(=O)NCCO)c(F)c4)ccc3o2)CCN1C(=O)O. The molecule has 2 unspecified atom stereocenters. The molecule has 180 valence electrons. The van der Waals surface area contributed by atoms with Crippen molar-refractivity contribution in [3.05, 3.63) is 53.7 Å². The third-order valence-corrected chi connectivity index (χ3v) is 6.36. The maximum absolute atomic E-state index is 14.6. The van der Waals surface area contributed by atoms with Crippen molar-refractivity contribution in [2.24, 2.45) is 5.92 Å². The summed E-state index contributed by atoms with van der Waals surface area (Å²) in [6.45, 7) is 4.30. The number of aromatic nitrogens is 1. The number of hydrogen-bond acceptors (Lipinski definition) is 5. The van der Waals surface area contributed by atoms with Crippen LogP contribution < -0.4 is 5.32 Å². The molecule has 0 radical (unpaired) electrons. The van der Waals surface area contributed by atoms with Gasteiger partial charge in [0.2, 0.25) is 0 Å². The van der Waals surface area contributed by atoms with Gasteiger partial charge in [-0.05, 0) is 54.2 Å². The van der Waals surface area contributed by atoms with Gasteiger partial charge >= 0.3 is 6.09 Å². The lowest BCUT2D eigenvalue weighted by Crippen LogP contribution is -2.47. The van der Waals surface area contributed by atoms with Crippen molar-refractivity contribution in [1.82, 2.24) is 15.2 Å². The molecule has 34 heavy (non-hydrogen) atoms. The molecule has 2 aromatic carbocycles. The fourth-order valence-corrected chi connectivity index (χ4v) is 4.53. The number of hydrogen-bond donors (Lipinski definition) is 3. The van der Waals surface area contributed by atoms with Crippen molar-refractivity contribution in [2.45, 2.75) is 38.6 Å². The minimum atomic E-state index is -0.900. The molecule has 2 atom stereocenters. The van der Waals surface area contributed by atoms with Gasteiger partial charge in [0.05, 0.1) is 12.2 Å². The van der Waals surface area contributed by atoms with E-state index in [2.05, 4.69) is 10.3 Å². The van der Waals surface area contributed by atoms with E-state index in [1.807, 2.05) is 26.0 Å². The van der Waals surface area contributed by atoms with E-state index in [1.165, 1.54) is 17.0 Å². The average molecular weight is 470 g/mol. The van der Waals surface area contributed by atoms with Crippen LogP contribution in [-0.4, -0.2) is 57.8 Å². The number of oxazole rings is 1. The van der Waals surface area contributed by atoms with Gasteiger partial charge in [0, 0.05) is 25.0 Å². The number of halogens is 1. The van der Waals surface area contributed by atoms with Gasteiger partial charge in [0.15, 0.2) is 11.5 Å². The summed E-state index contributed by atoms with van der Waals surface area (Å²) in [5, 5.41) is 20.8. The van der Waals surface area contributed by atoms with Crippen LogP contribution in [0.1, 0.15) is 48.9 Å². The van der Waals surface area contributed by atoms with Crippen LogP contribution >= 0.6 is 0 Å². The van der Waals surface area contributed by atoms with Crippen molar-refractivity contribution in [3.63, 3.8) is 0 Å². The number of nitrogens with one attached hydrogen (secondary N) is 1. The molecule has 0 aliphatic carbocycles. The number of fused-ring (bicyclic) bond motifs is 1. The second kappa shape index (κ2) is 9.80. The van der Waals surface area contributed by atoms with Crippen molar-refractivity contribution < 1.29 is 28.6 Å². The van der Waals surface area contributed by atoms with Gasteiger partial charge in [-0.25, -0.2) is 14.2 Å². The Morgan fingerprint density at radius 2 is 1.97 bits per heavy atom. The topological polar surface area (TPSA) is 116 Å². The Kier molecular flexibility index (Phi) is 6.83. The quantitative estimate of drug-likeness (QED) is 0.497. The molecule has 3 aromatic rings. The van der Waals surface area contributed by atoms with Gasteiger partial charge in [-0.15, -0.1) is 0 Å². The molecule has 0 bridgehead atoms. The molecule has 1 saturated heterocycles. The Balaban J connectivity index is 1.57. The van der Waals surface area contributed by atoms with Gasteiger partial charge in [-0.2, -0.15) is 0 Å². The predicted molar refractivity (Wildman–Crippen MR) is 124 cm³/mol. The number of amides is 2. The smallest absolute Gasteiger partial charge is 0.407 e. The molecule has 1 aliphatic rings. The molecule has 1 fully saturated rings. The molecule has 9 heteroatoms. The van der Waals surface area contributed by atoms with E-state index in [9.17, 15) is 19.1 Å². The standard InChI is InChI=1S/C25H28FN3O5/c1-14(2)21-13-17(7-9-29(21)25(32)33)24-28-20-12-16(4-6-22(20)34-24)15-3-5-18(19(26)11-15)23(31)27-8-10-30/h3-6,11-12,14,17,21,30H,7-10,13H2,1-2H3,(H,27,31)(H,32,33). The number of piperidine rings is 1. The van der Waals surface area contributed by atoms with Gasteiger partial charge < -0.3 is 24.8 Å². The molecule has 3 N–H and O–H groups in total. The number of carboxylic acid groups (broad SMARTS) is 1. The monoisotopic (exact) mass is 469 g/mol. The molecule has 1 aromatic heterocycles. The molecular formula is C25H28FN3O5. The summed E-state index contributed by atoms with van der Waals surface area (Å²) in [5.74, 6) is -0.446. The van der Waals surface area contributed by atoms with E-state index < -0.39 is 17.8 Å². The Labute approximate surface area is 196 Å². The second-order valence-corrected chi connectivity index (χ2v) is 8.92. The first-order chi connectivity index (χ1) is 16.3. The van der Waals surface area contributed by atoms with Crippen LogP contribution in [-0.2, 0) is 0 Å². The summed E-state index contributed by atoms with van der Waals surface area (Å²) in [4.78, 5) is 29.8. The minimum Gasteiger partial charge on any atom is -0.465 e. The zero-order valence-corrected chi connectivity index (χ0v) is 19.1. The zero-order valence-electron chi connectivity index (χ0n) is 19.1. The predicted octanol–water partition coefficient (Wildman–Crippen LogP) is 4.24. The van der Waals surface area contributed by atoms with Crippen LogP contribution in [0.5, 0.6) is 0 Å². The van der Waals surface area contributed by atoms with Crippen LogP contribution in [0, 0.1) is 11.7 Å². The fourth-order valence-electron chi connectivity index (χ4n) is 4.53. The molecule has 0 spiro atoms. The lowest BCUT2D eigenvalue weighted by Gasteiger charge is -2.39. The number of carbonyl (C=O) groups is 2. The third kappa shape index (κ3) is 4.75. The van der Waals surface area contributed by atoms with Gasteiger partial charge in [0.25, 0.3) is 5.91 Å². The first kappa shape index (κ1) is 23.7. The highest BCUT2D eigenvalue weighted by Gasteiger charge is 2.36. The maximum Gasteiger partial charge on any atom is 0.407 e. The highest BCUT2D eigenvalue weighted by Crippen LogP contribution is 2.36. The Morgan fingerprint density at radius 1 is 1.24 bits per heavy atom. The molecule has 2 heterocycles. The highest BCUT2D eigenvalue weighted by molar-refractivity contribution is 5.95. The Bertz CT molecular complexity index is 1210. The number of aliphatic hydroxyl groups excluding tert-OH is 1. The fraction of sp³-hybridized carbons (Fsp3) is 0.400. The molecule has 2 amide bonds. The Morgan fingerprint density at radius 3 is 2.65 bits per heavy atom. The molecule has 8 nitrogen and oxygen atoms in total. The highest BCUT2D eigenvalue weighted by atomic mass is 19.1. The maximum atomic E-state index is 14.6. The second-order valence-electron chi connectivity index (χ2n) is 8.92. The number of benzene rings is 2. The zero-order chi connectivity index (χ0) is 24.4. The lowest BCUT2D eigenvalue weighted by molar-refractivity contribution is 0.0794. The average Bonchev–Trinajstić information content (AvgIpc) is 3.25. The van der Waals surface area contributed by atoms with Crippen molar-refractivity contribution in [2.75, 3.05) is 19.7 Å². The first-order valence-electron chi connectivity index (χ1n) is 11.4. The van der Waals surface area contributed by atoms with Crippen molar-refractivity contribution >= 4 is 23.1 Å². The van der Waals surface area contributed by atoms with E-state index in [0.717, 1.165) is 5.56 Å². The van der Waals surface area contributed by atoms with Crippen LogP contribution in [0.4, 0.5) is 9.18 Å². The number of carbonyl (C=O) groups excluding carboxylic acids is 1. The number of nitrogens with zero attached hydrogens (tertiary/aromatic N) is 2. The van der Waals surface area contributed by atoms with E-state index in [1.54, 1.807) is 12.1 Å². The number of likely N-dealkylation sites (tertiary alicyclic amines) is 1. The van der Waals surface area contributed by atoms with E-state index in [-0.39, 0.29) is 36.6 Å². The molecular weight excluding hydrogens is 441 g/mol. The number of aliphatic hydroxyl groups is 1. The summed E-state index contributed by atoms with van der Waals surface area (Å²) in [7, 11) is 0. The van der Waals surface area contributed by atoms with Crippen LogP contribution in [0.15, 0.2) is 40.8 Å². The van der Waals surface area contributed by atoms with E-state index in [0.29, 0.717) is 41.9 Å². The van der Waals surface area contributed by atoms with Gasteiger partial charge in [-0.3, -0.25) is 4.79 Å². The lowest BCUT2D eigenvalue weighted by atomic mass is 9.85. The summed E-state index contributed by atoms with van der Waals surface area (Å²) in [5.41, 5.74) is 2.49. The van der Waals surface area contributed by atoms with Crippen LogP contribution in [0.3, 0.4) is 0 Å². The van der Waals surface area contributed by atoms with Crippen LogP contribution in [0.25, 0.3) is 22.2 Å².